The molecule has 22 heavy (non-hydrogen) atoms. The highest BCUT2D eigenvalue weighted by Gasteiger charge is 2.09. The Balaban J connectivity index is 1.94. The molecule has 0 spiro atoms. The summed E-state index contributed by atoms with van der Waals surface area (Å²) in [5, 5.41) is 2.63. The molecule has 0 unspecified atom stereocenters. The molecule has 116 valence electrons. The molecule has 0 fully saturated rings. The van der Waals surface area contributed by atoms with Gasteiger partial charge in [0, 0.05) is 16.8 Å². The average Bonchev–Trinajstić information content (AvgIpc) is 2.46. The Morgan fingerprint density at radius 2 is 1.77 bits per heavy atom. The van der Waals surface area contributed by atoms with Gasteiger partial charge in [-0.15, -0.1) is 11.8 Å². The molecular formula is C15H14FNO3S2. The lowest BCUT2D eigenvalue weighted by Gasteiger charge is -2.06. The van der Waals surface area contributed by atoms with E-state index < -0.39 is 9.84 Å². The van der Waals surface area contributed by atoms with Crippen LogP contribution in [0.15, 0.2) is 58.3 Å². The van der Waals surface area contributed by atoms with Gasteiger partial charge in [0.25, 0.3) is 0 Å². The zero-order valence-electron chi connectivity index (χ0n) is 11.7. The second-order valence-electron chi connectivity index (χ2n) is 4.56. The Labute approximate surface area is 132 Å². The van der Waals surface area contributed by atoms with Crippen LogP contribution in [0.5, 0.6) is 0 Å². The van der Waals surface area contributed by atoms with Crippen LogP contribution in [0, 0.1) is 5.82 Å². The summed E-state index contributed by atoms with van der Waals surface area (Å²) in [7, 11) is -3.26. The van der Waals surface area contributed by atoms with E-state index in [1.165, 1.54) is 30.3 Å². The van der Waals surface area contributed by atoms with Crippen molar-refractivity contribution in [2.45, 2.75) is 9.79 Å². The second-order valence-corrected chi connectivity index (χ2v) is 7.60. The van der Waals surface area contributed by atoms with Crippen molar-refractivity contribution in [1.82, 2.24) is 0 Å². The number of carbonyl (C=O) groups is 1. The molecule has 1 N–H and O–H groups in total. The molecule has 0 bridgehead atoms. The molecule has 0 heterocycles. The number of rotatable bonds is 5. The molecule has 0 aliphatic heterocycles. The van der Waals surface area contributed by atoms with Crippen molar-refractivity contribution < 1.29 is 17.6 Å². The van der Waals surface area contributed by atoms with Gasteiger partial charge in [-0.2, -0.15) is 0 Å². The first kappa shape index (κ1) is 16.5. The van der Waals surface area contributed by atoms with E-state index >= 15 is 0 Å². The van der Waals surface area contributed by atoms with Crippen molar-refractivity contribution in [2.24, 2.45) is 0 Å². The number of hydrogen-bond donors (Lipinski definition) is 1. The summed E-state index contributed by atoms with van der Waals surface area (Å²) in [6, 6.07) is 12.1. The Hall–Kier alpha value is -1.86. The normalized spacial score (nSPS) is 11.2. The number of carbonyl (C=O) groups excluding carboxylic acids is 1. The number of amides is 1. The standard InChI is InChI=1S/C15H14FNO3S2/c1-22(19,20)12-8-6-11(7-9-12)17-15(18)10-21-14-5-3-2-4-13(14)16/h2-9H,10H2,1H3,(H,17,18). The van der Waals surface area contributed by atoms with Gasteiger partial charge in [0.15, 0.2) is 9.84 Å². The fraction of sp³-hybridized carbons (Fsp3) is 0.133. The first-order valence-corrected chi connectivity index (χ1v) is 9.21. The molecule has 0 atom stereocenters. The van der Waals surface area contributed by atoms with Gasteiger partial charge in [0.2, 0.25) is 5.91 Å². The predicted molar refractivity (Wildman–Crippen MR) is 85.3 cm³/mol. The molecule has 0 aromatic heterocycles. The maximum absolute atomic E-state index is 13.4. The molecule has 2 rings (SSSR count). The maximum Gasteiger partial charge on any atom is 0.234 e. The summed E-state index contributed by atoms with van der Waals surface area (Å²) >= 11 is 1.10. The minimum atomic E-state index is -3.26. The van der Waals surface area contributed by atoms with Gasteiger partial charge >= 0.3 is 0 Å². The highest BCUT2D eigenvalue weighted by atomic mass is 32.2. The Morgan fingerprint density at radius 3 is 2.36 bits per heavy atom. The lowest BCUT2D eigenvalue weighted by Crippen LogP contribution is -2.14. The molecular weight excluding hydrogens is 325 g/mol. The summed E-state index contributed by atoms with van der Waals surface area (Å²) in [6.07, 6.45) is 1.12. The molecule has 1 amide bonds. The lowest BCUT2D eigenvalue weighted by molar-refractivity contribution is -0.113. The van der Waals surface area contributed by atoms with Crippen LogP contribution in [0.3, 0.4) is 0 Å². The third-order valence-corrected chi connectivity index (χ3v) is 4.94. The first-order chi connectivity index (χ1) is 10.4. The third-order valence-electron chi connectivity index (χ3n) is 2.76. The number of sulfone groups is 1. The van der Waals surface area contributed by atoms with E-state index in [-0.39, 0.29) is 22.4 Å². The van der Waals surface area contributed by atoms with Crippen LogP contribution in [0.25, 0.3) is 0 Å². The number of halogens is 1. The van der Waals surface area contributed by atoms with Crippen LogP contribution in [0.1, 0.15) is 0 Å². The van der Waals surface area contributed by atoms with E-state index in [4.69, 9.17) is 0 Å². The minimum absolute atomic E-state index is 0.0642. The SMILES string of the molecule is CS(=O)(=O)c1ccc(NC(=O)CSc2ccccc2F)cc1. The van der Waals surface area contributed by atoms with E-state index in [9.17, 15) is 17.6 Å². The zero-order chi connectivity index (χ0) is 16.2. The van der Waals surface area contributed by atoms with Crippen molar-refractivity contribution in [3.8, 4) is 0 Å². The van der Waals surface area contributed by atoms with Gasteiger partial charge in [0.05, 0.1) is 10.6 Å². The molecule has 0 saturated carbocycles. The Morgan fingerprint density at radius 1 is 1.14 bits per heavy atom. The zero-order valence-corrected chi connectivity index (χ0v) is 13.4. The topological polar surface area (TPSA) is 63.2 Å². The molecule has 2 aromatic carbocycles. The molecule has 0 saturated heterocycles. The summed E-state index contributed by atoms with van der Waals surface area (Å²) in [6.45, 7) is 0. The number of hydrogen-bond acceptors (Lipinski definition) is 4. The smallest absolute Gasteiger partial charge is 0.234 e. The highest BCUT2D eigenvalue weighted by molar-refractivity contribution is 8.00. The van der Waals surface area contributed by atoms with Crippen LogP contribution in [-0.4, -0.2) is 26.3 Å². The summed E-state index contributed by atoms with van der Waals surface area (Å²) in [4.78, 5) is 12.4. The van der Waals surface area contributed by atoms with Crippen molar-refractivity contribution in [2.75, 3.05) is 17.3 Å². The molecule has 0 radical (unpaired) electrons. The Bertz CT molecular complexity index is 774. The highest BCUT2D eigenvalue weighted by Crippen LogP contribution is 2.21. The number of nitrogens with one attached hydrogen (secondary N) is 1. The Kier molecular flexibility index (Phi) is 5.20. The van der Waals surface area contributed by atoms with Gasteiger partial charge in [-0.1, -0.05) is 12.1 Å². The van der Waals surface area contributed by atoms with Gasteiger partial charge in [-0.25, -0.2) is 12.8 Å². The first-order valence-electron chi connectivity index (χ1n) is 6.33. The number of anilines is 1. The quantitative estimate of drug-likeness (QED) is 0.851. The summed E-state index contributed by atoms with van der Waals surface area (Å²) < 4.78 is 36.1. The summed E-state index contributed by atoms with van der Waals surface area (Å²) in [5.41, 5.74) is 0.492. The van der Waals surface area contributed by atoms with E-state index in [2.05, 4.69) is 5.32 Å². The van der Waals surface area contributed by atoms with Crippen molar-refractivity contribution in [3.05, 3.63) is 54.3 Å². The third kappa shape index (κ3) is 4.57. The fourth-order valence-electron chi connectivity index (χ4n) is 1.69. The van der Waals surface area contributed by atoms with Crippen molar-refractivity contribution in [1.29, 1.82) is 0 Å². The number of benzene rings is 2. The van der Waals surface area contributed by atoms with Gasteiger partial charge in [-0.3, -0.25) is 4.79 Å². The van der Waals surface area contributed by atoms with E-state index in [0.717, 1.165) is 18.0 Å². The van der Waals surface area contributed by atoms with Crippen LogP contribution in [0.2, 0.25) is 0 Å². The predicted octanol–water partition coefficient (Wildman–Crippen LogP) is 2.96. The molecule has 0 aliphatic rings. The fourth-order valence-corrected chi connectivity index (χ4v) is 3.06. The molecule has 2 aromatic rings. The molecule has 4 nitrogen and oxygen atoms in total. The van der Waals surface area contributed by atoms with Crippen molar-refractivity contribution >= 4 is 33.2 Å². The largest absolute Gasteiger partial charge is 0.325 e. The van der Waals surface area contributed by atoms with Crippen LogP contribution < -0.4 is 5.32 Å². The monoisotopic (exact) mass is 339 g/mol. The minimum Gasteiger partial charge on any atom is -0.325 e. The maximum atomic E-state index is 13.4. The molecule has 7 heteroatoms. The average molecular weight is 339 g/mol. The van der Waals surface area contributed by atoms with Gasteiger partial charge < -0.3 is 5.32 Å². The number of thioether (sulfide) groups is 1. The van der Waals surface area contributed by atoms with Crippen molar-refractivity contribution in [3.63, 3.8) is 0 Å². The van der Waals surface area contributed by atoms with Crippen LogP contribution in [-0.2, 0) is 14.6 Å². The van der Waals surface area contributed by atoms with E-state index in [1.54, 1.807) is 18.2 Å². The van der Waals surface area contributed by atoms with E-state index in [0.29, 0.717) is 10.6 Å². The van der Waals surface area contributed by atoms with Gasteiger partial charge in [0.1, 0.15) is 5.82 Å². The van der Waals surface area contributed by atoms with Crippen LogP contribution in [0.4, 0.5) is 10.1 Å². The lowest BCUT2D eigenvalue weighted by atomic mass is 10.3. The summed E-state index contributed by atoms with van der Waals surface area (Å²) in [5.74, 6) is -0.590. The van der Waals surface area contributed by atoms with Gasteiger partial charge in [-0.05, 0) is 36.4 Å². The second kappa shape index (κ2) is 6.93. The van der Waals surface area contributed by atoms with E-state index in [1.807, 2.05) is 0 Å². The van der Waals surface area contributed by atoms with Crippen LogP contribution >= 0.6 is 11.8 Å². The molecule has 0 aliphatic carbocycles.